The van der Waals surface area contributed by atoms with Crippen molar-refractivity contribution in [3.63, 3.8) is 0 Å². The Morgan fingerprint density at radius 3 is 2.23 bits per heavy atom. The molecule has 0 aromatic heterocycles. The molecule has 0 saturated heterocycles. The number of nitrogens with zero attached hydrogens (tertiary/aromatic N) is 1. The molecule has 0 aliphatic rings. The summed E-state index contributed by atoms with van der Waals surface area (Å²) in [6.07, 6.45) is -0.410. The first-order valence-electron chi connectivity index (χ1n) is 7.88. The minimum atomic E-state index is -1.31. The largest absolute Gasteiger partial charge is 0.550 e. The van der Waals surface area contributed by atoms with Crippen molar-refractivity contribution in [3.8, 4) is 5.75 Å². The molecule has 0 heterocycles. The van der Waals surface area contributed by atoms with Gasteiger partial charge in [-0.1, -0.05) is 12.1 Å². The van der Waals surface area contributed by atoms with Gasteiger partial charge in [-0.15, -0.1) is 0 Å². The Morgan fingerprint density at radius 1 is 1.12 bits per heavy atom. The van der Waals surface area contributed by atoms with Gasteiger partial charge < -0.3 is 20.0 Å². The van der Waals surface area contributed by atoms with Crippen LogP contribution >= 0.6 is 0 Å². The highest BCUT2D eigenvalue weighted by Crippen LogP contribution is 2.21. The maximum absolute atomic E-state index is 12.3. The van der Waals surface area contributed by atoms with Gasteiger partial charge in [-0.2, -0.15) is 0 Å². The van der Waals surface area contributed by atoms with Gasteiger partial charge in [0.2, 0.25) is 0 Å². The summed E-state index contributed by atoms with van der Waals surface area (Å²) in [5, 5.41) is 24.3. The molecule has 0 spiro atoms. The molecule has 0 radical (unpaired) electrons. The van der Waals surface area contributed by atoms with Crippen molar-refractivity contribution in [1.82, 2.24) is 5.32 Å². The summed E-state index contributed by atoms with van der Waals surface area (Å²) < 4.78 is 5.33. The Balaban J connectivity index is 2.17. The number of carbonyl (C=O) groups is 2. The van der Waals surface area contributed by atoms with E-state index in [1.165, 1.54) is 24.3 Å². The van der Waals surface area contributed by atoms with Crippen LogP contribution in [0.4, 0.5) is 5.69 Å². The number of hydrogen-bond acceptors (Lipinski definition) is 6. The molecule has 136 valence electrons. The van der Waals surface area contributed by atoms with Crippen LogP contribution in [0.1, 0.15) is 35.3 Å². The van der Waals surface area contributed by atoms with Crippen molar-refractivity contribution in [1.29, 1.82) is 0 Å². The molecule has 0 unspecified atom stereocenters. The number of carboxylic acid groups (broad SMARTS) is 1. The third-order valence-electron chi connectivity index (χ3n) is 3.61. The molecule has 2 rings (SSSR count). The number of nitrogens with one attached hydrogen (secondary N) is 1. The second kappa shape index (κ2) is 8.61. The van der Waals surface area contributed by atoms with E-state index in [0.29, 0.717) is 17.9 Å². The van der Waals surface area contributed by atoms with Gasteiger partial charge in [0.1, 0.15) is 5.75 Å². The topological polar surface area (TPSA) is 122 Å². The molecule has 26 heavy (non-hydrogen) atoms. The fourth-order valence-electron chi connectivity index (χ4n) is 2.36. The van der Waals surface area contributed by atoms with Crippen molar-refractivity contribution in [2.45, 2.75) is 19.4 Å². The van der Waals surface area contributed by atoms with Crippen molar-refractivity contribution in [2.75, 3.05) is 6.61 Å². The molecule has 8 heteroatoms. The molecule has 0 aliphatic heterocycles. The molecule has 0 aliphatic carbocycles. The predicted octanol–water partition coefficient (Wildman–Crippen LogP) is 1.60. The van der Waals surface area contributed by atoms with E-state index in [0.717, 1.165) is 0 Å². The molecule has 1 atom stereocenters. The Kier molecular flexibility index (Phi) is 6.26. The average molecular weight is 357 g/mol. The monoisotopic (exact) mass is 357 g/mol. The van der Waals surface area contributed by atoms with Crippen LogP contribution in [0.2, 0.25) is 0 Å². The quantitative estimate of drug-likeness (QED) is 0.566. The minimum absolute atomic E-state index is 0.139. The number of amides is 1. The lowest BCUT2D eigenvalue weighted by molar-refractivity contribution is -0.384. The summed E-state index contributed by atoms with van der Waals surface area (Å²) in [5.74, 6) is -1.22. The SMILES string of the molecule is CCOc1ccc([C@H](CC(=O)[O-])NC(=O)c2ccc([N+](=O)[O-])cc2)cc1. The standard InChI is InChI=1S/C18H18N2O6/c1-2-26-15-9-5-12(6-10-15)16(11-17(21)22)19-18(23)13-3-7-14(8-4-13)20(24)25/h3-10,16H,2,11H2,1H3,(H,19,23)(H,21,22)/p-1/t16-/m0/s1. The van der Waals surface area contributed by atoms with Gasteiger partial charge in [-0.05, 0) is 36.8 Å². The Labute approximate surface area is 149 Å². The van der Waals surface area contributed by atoms with Crippen molar-refractivity contribution in [3.05, 3.63) is 69.8 Å². The maximum Gasteiger partial charge on any atom is 0.269 e. The third-order valence-corrected chi connectivity index (χ3v) is 3.61. The first kappa shape index (κ1) is 18.9. The van der Waals surface area contributed by atoms with Crippen LogP contribution in [0.25, 0.3) is 0 Å². The minimum Gasteiger partial charge on any atom is -0.550 e. The lowest BCUT2D eigenvalue weighted by atomic mass is 10.0. The van der Waals surface area contributed by atoms with Crippen molar-refractivity contribution in [2.24, 2.45) is 0 Å². The predicted molar refractivity (Wildman–Crippen MR) is 90.5 cm³/mol. The molecule has 1 amide bonds. The van der Waals surface area contributed by atoms with Crippen LogP contribution in [0.3, 0.4) is 0 Å². The van der Waals surface area contributed by atoms with Crippen LogP contribution < -0.4 is 15.2 Å². The molecular formula is C18H17N2O6-. The number of hydrogen-bond donors (Lipinski definition) is 1. The van der Waals surface area contributed by atoms with E-state index in [1.54, 1.807) is 24.3 Å². The van der Waals surface area contributed by atoms with E-state index in [2.05, 4.69) is 5.32 Å². The number of ether oxygens (including phenoxy) is 1. The van der Waals surface area contributed by atoms with Crippen molar-refractivity contribution < 1.29 is 24.4 Å². The zero-order valence-electron chi connectivity index (χ0n) is 14.0. The zero-order valence-corrected chi connectivity index (χ0v) is 14.0. The summed E-state index contributed by atoms with van der Waals surface area (Å²) in [5.41, 5.74) is 0.622. The Morgan fingerprint density at radius 2 is 1.73 bits per heavy atom. The summed E-state index contributed by atoms with van der Waals surface area (Å²) in [6, 6.07) is 10.9. The van der Waals surface area contributed by atoms with Crippen LogP contribution in [0.5, 0.6) is 5.75 Å². The number of benzene rings is 2. The van der Waals surface area contributed by atoms with Gasteiger partial charge in [0.25, 0.3) is 11.6 Å². The molecule has 2 aromatic rings. The number of nitro groups is 1. The first-order valence-corrected chi connectivity index (χ1v) is 7.88. The van der Waals surface area contributed by atoms with Gasteiger partial charge in [0.05, 0.1) is 17.6 Å². The van der Waals surface area contributed by atoms with Gasteiger partial charge >= 0.3 is 0 Å². The van der Waals surface area contributed by atoms with Gasteiger partial charge in [-0.25, -0.2) is 0 Å². The van der Waals surface area contributed by atoms with Crippen LogP contribution in [-0.4, -0.2) is 23.4 Å². The molecule has 8 nitrogen and oxygen atoms in total. The second-order valence-electron chi connectivity index (χ2n) is 5.41. The Bertz CT molecular complexity index is 786. The number of rotatable bonds is 8. The lowest BCUT2D eigenvalue weighted by Gasteiger charge is -2.20. The molecule has 1 N–H and O–H groups in total. The number of carboxylic acids is 1. The first-order chi connectivity index (χ1) is 12.4. The normalized spacial score (nSPS) is 11.4. The van der Waals surface area contributed by atoms with E-state index in [-0.39, 0.29) is 11.3 Å². The fraction of sp³-hybridized carbons (Fsp3) is 0.222. The number of aliphatic carboxylic acids is 1. The molecule has 0 fully saturated rings. The van der Waals surface area contributed by atoms with Crippen LogP contribution in [-0.2, 0) is 4.79 Å². The highest BCUT2D eigenvalue weighted by atomic mass is 16.6. The summed E-state index contributed by atoms with van der Waals surface area (Å²) in [4.78, 5) is 33.5. The van der Waals surface area contributed by atoms with Crippen LogP contribution in [0, 0.1) is 10.1 Å². The maximum atomic E-state index is 12.3. The summed E-state index contributed by atoms with van der Waals surface area (Å²) in [6.45, 7) is 2.34. The van der Waals surface area contributed by atoms with Crippen molar-refractivity contribution >= 4 is 17.6 Å². The van der Waals surface area contributed by atoms with E-state index >= 15 is 0 Å². The lowest BCUT2D eigenvalue weighted by Crippen LogP contribution is -2.34. The molecular weight excluding hydrogens is 340 g/mol. The molecule has 0 bridgehead atoms. The van der Waals surface area contributed by atoms with Gasteiger partial charge in [-0.3, -0.25) is 14.9 Å². The molecule has 2 aromatic carbocycles. The van der Waals surface area contributed by atoms with Gasteiger partial charge in [0.15, 0.2) is 0 Å². The number of nitro benzene ring substituents is 1. The third kappa shape index (κ3) is 5.04. The summed E-state index contributed by atoms with van der Waals surface area (Å²) >= 11 is 0. The van der Waals surface area contributed by atoms with E-state index in [9.17, 15) is 24.8 Å². The highest BCUT2D eigenvalue weighted by molar-refractivity contribution is 5.94. The second-order valence-corrected chi connectivity index (χ2v) is 5.41. The van der Waals surface area contributed by atoms with Crippen LogP contribution in [0.15, 0.2) is 48.5 Å². The zero-order chi connectivity index (χ0) is 19.1. The Hall–Kier alpha value is -3.42. The average Bonchev–Trinajstić information content (AvgIpc) is 2.61. The smallest absolute Gasteiger partial charge is 0.269 e. The van der Waals surface area contributed by atoms with E-state index < -0.39 is 29.3 Å². The molecule has 0 saturated carbocycles. The summed E-state index contributed by atoms with van der Waals surface area (Å²) in [7, 11) is 0. The fourth-order valence-corrected chi connectivity index (χ4v) is 2.36. The van der Waals surface area contributed by atoms with Gasteiger partial charge in [0, 0.05) is 30.1 Å². The number of non-ortho nitro benzene ring substituents is 1. The number of carbonyl (C=O) groups excluding carboxylic acids is 2. The van der Waals surface area contributed by atoms with E-state index in [4.69, 9.17) is 4.74 Å². The highest BCUT2D eigenvalue weighted by Gasteiger charge is 2.17. The van der Waals surface area contributed by atoms with E-state index in [1.807, 2.05) is 6.92 Å².